The highest BCUT2D eigenvalue weighted by Crippen LogP contribution is 2.37. The summed E-state index contributed by atoms with van der Waals surface area (Å²) in [4.78, 5) is 23.3. The van der Waals surface area contributed by atoms with Crippen molar-refractivity contribution in [1.29, 1.82) is 0 Å². The molecule has 0 unspecified atom stereocenters. The summed E-state index contributed by atoms with van der Waals surface area (Å²) >= 11 is 6.23. The molecular formula is C16H19ClN2O4. The third-order valence-corrected chi connectivity index (χ3v) is 4.25. The fourth-order valence-corrected chi connectivity index (χ4v) is 2.96. The summed E-state index contributed by atoms with van der Waals surface area (Å²) in [6.45, 7) is 1.92. The van der Waals surface area contributed by atoms with Crippen LogP contribution in [-0.2, 0) is 16.1 Å². The first kappa shape index (κ1) is 15.9. The number of rotatable bonds is 3. The Kier molecular flexibility index (Phi) is 4.91. The second-order valence-corrected chi connectivity index (χ2v) is 6.12. The quantitative estimate of drug-likeness (QED) is 0.878. The molecule has 0 bridgehead atoms. The molecule has 2 N–H and O–H groups in total. The minimum absolute atomic E-state index is 0.00346. The Labute approximate surface area is 139 Å². The first-order valence-corrected chi connectivity index (χ1v) is 8.13. The molecule has 0 radical (unpaired) electrons. The Bertz CT molecular complexity index is 610. The van der Waals surface area contributed by atoms with Crippen LogP contribution in [0.1, 0.15) is 24.8 Å². The third-order valence-electron chi connectivity index (χ3n) is 3.96. The van der Waals surface area contributed by atoms with E-state index in [1.165, 1.54) is 0 Å². The summed E-state index contributed by atoms with van der Waals surface area (Å²) in [7, 11) is 0. The van der Waals surface area contributed by atoms with Gasteiger partial charge in [0, 0.05) is 25.9 Å². The zero-order valence-electron chi connectivity index (χ0n) is 12.7. The molecule has 0 aliphatic carbocycles. The molecule has 124 valence electrons. The zero-order valence-corrected chi connectivity index (χ0v) is 13.4. The van der Waals surface area contributed by atoms with E-state index < -0.39 is 0 Å². The molecule has 1 aromatic rings. The van der Waals surface area contributed by atoms with Crippen LogP contribution in [0.4, 0.5) is 0 Å². The lowest BCUT2D eigenvalue weighted by Gasteiger charge is -2.21. The van der Waals surface area contributed by atoms with Gasteiger partial charge in [0.15, 0.2) is 11.5 Å². The number of carbonyl (C=O) groups excluding carboxylic acids is 2. The molecule has 1 fully saturated rings. The Morgan fingerprint density at radius 2 is 2.17 bits per heavy atom. The Morgan fingerprint density at radius 3 is 2.96 bits per heavy atom. The van der Waals surface area contributed by atoms with Gasteiger partial charge in [-0.15, -0.1) is 0 Å². The van der Waals surface area contributed by atoms with Gasteiger partial charge in [0.1, 0.15) is 0 Å². The maximum Gasteiger partial charge on any atom is 0.225 e. The summed E-state index contributed by atoms with van der Waals surface area (Å²) in [5.74, 6) is 0.943. The van der Waals surface area contributed by atoms with E-state index >= 15 is 0 Å². The van der Waals surface area contributed by atoms with Gasteiger partial charge < -0.3 is 20.1 Å². The highest BCUT2D eigenvalue weighted by Gasteiger charge is 2.24. The van der Waals surface area contributed by atoms with Crippen molar-refractivity contribution < 1.29 is 19.1 Å². The molecule has 23 heavy (non-hydrogen) atoms. The number of halogens is 1. The minimum Gasteiger partial charge on any atom is -0.489 e. The lowest BCUT2D eigenvalue weighted by atomic mass is 9.98. The van der Waals surface area contributed by atoms with Gasteiger partial charge in [0.05, 0.1) is 24.2 Å². The predicted molar refractivity (Wildman–Crippen MR) is 84.6 cm³/mol. The monoisotopic (exact) mass is 338 g/mol. The molecule has 1 atom stereocenters. The predicted octanol–water partition coefficient (Wildman–Crippen LogP) is 1.64. The van der Waals surface area contributed by atoms with E-state index in [9.17, 15) is 9.59 Å². The van der Waals surface area contributed by atoms with Crippen LogP contribution in [0.2, 0.25) is 5.02 Å². The van der Waals surface area contributed by atoms with Crippen LogP contribution in [-0.4, -0.2) is 31.6 Å². The van der Waals surface area contributed by atoms with Crippen molar-refractivity contribution in [2.75, 3.05) is 19.8 Å². The van der Waals surface area contributed by atoms with Crippen LogP contribution < -0.4 is 20.1 Å². The summed E-state index contributed by atoms with van der Waals surface area (Å²) in [5, 5.41) is 6.08. The number of ether oxygens (including phenoxy) is 2. The molecule has 2 aliphatic heterocycles. The molecule has 2 amide bonds. The number of hydrogen-bond donors (Lipinski definition) is 2. The van der Waals surface area contributed by atoms with E-state index in [0.717, 1.165) is 12.0 Å². The average molecular weight is 339 g/mol. The van der Waals surface area contributed by atoms with Crippen molar-refractivity contribution in [2.24, 2.45) is 5.92 Å². The summed E-state index contributed by atoms with van der Waals surface area (Å²) in [6, 6.07) is 3.62. The van der Waals surface area contributed by atoms with Gasteiger partial charge in [-0.1, -0.05) is 11.6 Å². The maximum atomic E-state index is 12.2. The highest BCUT2D eigenvalue weighted by atomic mass is 35.5. The molecule has 3 rings (SSSR count). The second-order valence-electron chi connectivity index (χ2n) is 5.71. The van der Waals surface area contributed by atoms with Gasteiger partial charge >= 0.3 is 0 Å². The zero-order chi connectivity index (χ0) is 16.2. The first-order valence-electron chi connectivity index (χ1n) is 7.76. The van der Waals surface area contributed by atoms with Crippen molar-refractivity contribution in [3.63, 3.8) is 0 Å². The second kappa shape index (κ2) is 7.08. The van der Waals surface area contributed by atoms with Crippen LogP contribution in [0.3, 0.4) is 0 Å². The molecule has 0 saturated carbocycles. The van der Waals surface area contributed by atoms with Crippen molar-refractivity contribution in [2.45, 2.75) is 25.8 Å². The van der Waals surface area contributed by atoms with E-state index in [1.54, 1.807) is 6.07 Å². The number of amides is 2. The summed E-state index contributed by atoms with van der Waals surface area (Å²) in [6.07, 6.45) is 1.79. The first-order chi connectivity index (χ1) is 11.1. The number of benzene rings is 1. The fraction of sp³-hybridized carbons (Fsp3) is 0.500. The van der Waals surface area contributed by atoms with Crippen molar-refractivity contribution in [3.05, 3.63) is 22.7 Å². The Morgan fingerprint density at radius 1 is 1.35 bits per heavy atom. The summed E-state index contributed by atoms with van der Waals surface area (Å²) < 4.78 is 11.2. The van der Waals surface area contributed by atoms with Crippen LogP contribution in [0.15, 0.2) is 12.1 Å². The minimum atomic E-state index is -0.177. The smallest absolute Gasteiger partial charge is 0.225 e. The average Bonchev–Trinajstić information content (AvgIpc) is 2.79. The third kappa shape index (κ3) is 3.88. The van der Waals surface area contributed by atoms with Crippen molar-refractivity contribution >= 4 is 23.4 Å². The molecule has 0 spiro atoms. The van der Waals surface area contributed by atoms with Crippen molar-refractivity contribution in [3.8, 4) is 11.5 Å². The van der Waals surface area contributed by atoms with Gasteiger partial charge in [-0.2, -0.15) is 0 Å². The standard InChI is InChI=1S/C16H19ClN2O4/c17-12-6-10(7-13-15(12)23-5-1-4-22-13)8-19-16(21)11-2-3-14(20)18-9-11/h6-7,11H,1-5,8-9H2,(H,18,20)(H,19,21)/t11-/m1/s1. The molecular weight excluding hydrogens is 320 g/mol. The molecule has 2 aliphatic rings. The Balaban J connectivity index is 1.62. The van der Waals surface area contributed by atoms with Crippen LogP contribution in [0, 0.1) is 5.92 Å². The Hall–Kier alpha value is -1.95. The largest absolute Gasteiger partial charge is 0.489 e. The van der Waals surface area contributed by atoms with Gasteiger partial charge in [0.25, 0.3) is 0 Å². The molecule has 2 heterocycles. The topological polar surface area (TPSA) is 76.7 Å². The van der Waals surface area contributed by atoms with Gasteiger partial charge in [0.2, 0.25) is 11.8 Å². The molecule has 1 aromatic carbocycles. The molecule has 7 heteroatoms. The van der Waals surface area contributed by atoms with E-state index in [0.29, 0.717) is 55.7 Å². The normalized spacial score (nSPS) is 20.4. The number of nitrogens with one attached hydrogen (secondary N) is 2. The maximum absolute atomic E-state index is 12.2. The lowest BCUT2D eigenvalue weighted by Crippen LogP contribution is -2.42. The van der Waals surface area contributed by atoms with Crippen LogP contribution in [0.5, 0.6) is 11.5 Å². The SMILES string of the molecule is O=C1CC[C@@H](C(=O)NCc2cc(Cl)c3c(c2)OCCCO3)CN1. The van der Waals surface area contributed by atoms with E-state index in [-0.39, 0.29) is 17.7 Å². The van der Waals surface area contributed by atoms with Gasteiger partial charge in [-0.3, -0.25) is 9.59 Å². The molecule has 1 saturated heterocycles. The van der Waals surface area contributed by atoms with E-state index in [4.69, 9.17) is 21.1 Å². The fourth-order valence-electron chi connectivity index (χ4n) is 2.68. The van der Waals surface area contributed by atoms with Crippen molar-refractivity contribution in [1.82, 2.24) is 10.6 Å². The number of carbonyl (C=O) groups is 2. The number of hydrogen-bond acceptors (Lipinski definition) is 4. The number of piperidine rings is 1. The van der Waals surface area contributed by atoms with E-state index in [2.05, 4.69) is 10.6 Å². The molecule has 6 nitrogen and oxygen atoms in total. The van der Waals surface area contributed by atoms with Crippen LogP contribution >= 0.6 is 11.6 Å². The van der Waals surface area contributed by atoms with Gasteiger partial charge in [-0.05, 0) is 24.1 Å². The van der Waals surface area contributed by atoms with Gasteiger partial charge in [-0.25, -0.2) is 0 Å². The van der Waals surface area contributed by atoms with E-state index in [1.807, 2.05) is 6.07 Å². The molecule has 0 aromatic heterocycles. The lowest BCUT2D eigenvalue weighted by molar-refractivity contribution is -0.129. The van der Waals surface area contributed by atoms with Crippen LogP contribution in [0.25, 0.3) is 0 Å². The summed E-state index contributed by atoms with van der Waals surface area (Å²) in [5.41, 5.74) is 0.854. The highest BCUT2D eigenvalue weighted by molar-refractivity contribution is 6.32. The number of fused-ring (bicyclic) bond motifs is 1.